The van der Waals surface area contributed by atoms with Gasteiger partial charge in [-0.1, -0.05) is 6.92 Å². The number of quaternary nitrogens is 1. The van der Waals surface area contributed by atoms with Crippen molar-refractivity contribution >= 4 is 27.4 Å². The van der Waals surface area contributed by atoms with E-state index in [0.29, 0.717) is 0 Å². The maximum absolute atomic E-state index is 4.67. The highest BCUT2D eigenvalue weighted by molar-refractivity contribution is 7.19. The highest BCUT2D eigenvalue weighted by Gasteiger charge is 2.26. The molecule has 1 aliphatic carbocycles. The molecule has 1 atom stereocenters. The average molecular weight is 303 g/mol. The topological polar surface area (TPSA) is 33.5 Å². The fraction of sp³-hybridized carbons (Fsp3) is 0.625. The van der Waals surface area contributed by atoms with E-state index >= 15 is 0 Å². The normalized spacial score (nSPS) is 23.5. The van der Waals surface area contributed by atoms with E-state index in [0.717, 1.165) is 19.0 Å². The molecule has 1 saturated heterocycles. The summed E-state index contributed by atoms with van der Waals surface area (Å²) in [4.78, 5) is 16.1. The van der Waals surface area contributed by atoms with E-state index in [1.54, 1.807) is 21.7 Å². The number of thiophene rings is 1. The summed E-state index contributed by atoms with van der Waals surface area (Å²) in [5.74, 6) is 1.99. The molecule has 1 fully saturated rings. The minimum atomic E-state index is 0.792. The molecule has 0 amide bonds. The molecule has 1 N–H and O–H groups in total. The van der Waals surface area contributed by atoms with E-state index in [9.17, 15) is 0 Å². The monoisotopic (exact) mass is 303 g/mol. The molecule has 0 saturated carbocycles. The molecule has 4 nitrogen and oxygen atoms in total. The van der Waals surface area contributed by atoms with Gasteiger partial charge in [-0.25, -0.2) is 9.97 Å². The Morgan fingerprint density at radius 3 is 2.90 bits per heavy atom. The average Bonchev–Trinajstić information content (AvgIpc) is 2.86. The van der Waals surface area contributed by atoms with E-state index in [1.807, 2.05) is 11.3 Å². The summed E-state index contributed by atoms with van der Waals surface area (Å²) in [7, 11) is 2.28. The first-order valence-electron chi connectivity index (χ1n) is 8.04. The number of hydrogen-bond acceptors (Lipinski definition) is 4. The van der Waals surface area contributed by atoms with Crippen LogP contribution < -0.4 is 9.80 Å². The van der Waals surface area contributed by atoms with Gasteiger partial charge in [-0.05, 0) is 30.7 Å². The van der Waals surface area contributed by atoms with Crippen molar-refractivity contribution in [3.8, 4) is 0 Å². The molecule has 0 radical (unpaired) electrons. The maximum Gasteiger partial charge on any atom is 0.141 e. The molecule has 3 heterocycles. The number of hydrogen-bond donors (Lipinski definition) is 1. The maximum atomic E-state index is 4.67. The Bertz CT molecular complexity index is 658. The molecule has 4 rings (SSSR count). The van der Waals surface area contributed by atoms with Gasteiger partial charge < -0.3 is 9.80 Å². The van der Waals surface area contributed by atoms with E-state index in [2.05, 4.69) is 28.8 Å². The minimum Gasteiger partial charge on any atom is -0.345 e. The van der Waals surface area contributed by atoms with Crippen molar-refractivity contribution in [2.24, 2.45) is 5.92 Å². The highest BCUT2D eigenvalue weighted by atomic mass is 32.1. The molecule has 2 aliphatic rings. The molecule has 21 heavy (non-hydrogen) atoms. The van der Waals surface area contributed by atoms with Crippen LogP contribution in [0, 0.1) is 5.92 Å². The van der Waals surface area contributed by atoms with Gasteiger partial charge in [0.25, 0.3) is 0 Å². The number of piperazine rings is 1. The number of fused-ring (bicyclic) bond motifs is 3. The number of nitrogens with zero attached hydrogens (tertiary/aromatic N) is 3. The lowest BCUT2D eigenvalue weighted by Crippen LogP contribution is -3.12. The summed E-state index contributed by atoms with van der Waals surface area (Å²) in [6.45, 7) is 6.99. The second kappa shape index (κ2) is 5.21. The van der Waals surface area contributed by atoms with Gasteiger partial charge in [-0.15, -0.1) is 11.3 Å². The molecule has 2 aromatic rings. The first-order valence-corrected chi connectivity index (χ1v) is 8.85. The lowest BCUT2D eigenvalue weighted by atomic mass is 9.88. The minimum absolute atomic E-state index is 0.792. The second-order valence-electron chi connectivity index (χ2n) is 6.67. The summed E-state index contributed by atoms with van der Waals surface area (Å²) >= 11 is 1.90. The number of likely N-dealkylation sites (N-methyl/N-ethyl adjacent to an activating group) is 1. The summed E-state index contributed by atoms with van der Waals surface area (Å²) in [5, 5.41) is 1.36. The van der Waals surface area contributed by atoms with Crippen molar-refractivity contribution in [1.29, 1.82) is 0 Å². The van der Waals surface area contributed by atoms with Gasteiger partial charge in [0.15, 0.2) is 0 Å². The van der Waals surface area contributed by atoms with Gasteiger partial charge in [0.2, 0.25) is 0 Å². The van der Waals surface area contributed by atoms with E-state index < -0.39 is 0 Å². The smallest absolute Gasteiger partial charge is 0.141 e. The summed E-state index contributed by atoms with van der Waals surface area (Å²) in [6.07, 6.45) is 5.51. The molecule has 0 aromatic carbocycles. The molecular formula is C16H23N4S+. The largest absolute Gasteiger partial charge is 0.345 e. The number of aromatic nitrogens is 2. The van der Waals surface area contributed by atoms with Crippen LogP contribution in [0.1, 0.15) is 23.8 Å². The summed E-state index contributed by atoms with van der Waals surface area (Å²) in [5.41, 5.74) is 1.55. The van der Waals surface area contributed by atoms with Crippen LogP contribution in [0.5, 0.6) is 0 Å². The summed E-state index contributed by atoms with van der Waals surface area (Å²) in [6, 6.07) is 0. The van der Waals surface area contributed by atoms with Crippen LogP contribution in [0.25, 0.3) is 10.2 Å². The number of nitrogens with one attached hydrogen (secondary N) is 1. The van der Waals surface area contributed by atoms with Crippen LogP contribution in [-0.4, -0.2) is 43.2 Å². The van der Waals surface area contributed by atoms with Crippen LogP contribution in [0.2, 0.25) is 0 Å². The van der Waals surface area contributed by atoms with Crippen LogP contribution in [0.15, 0.2) is 6.33 Å². The Morgan fingerprint density at radius 2 is 2.10 bits per heavy atom. The first-order chi connectivity index (χ1) is 10.2. The fourth-order valence-corrected chi connectivity index (χ4v) is 4.78. The summed E-state index contributed by atoms with van der Waals surface area (Å²) < 4.78 is 0. The standard InChI is InChI=1S/C16H22N4S/c1-11-3-4-13-12(9-11)14-15(17-10-18-16(14)21-13)20-7-5-19(2)6-8-20/h10-11H,3-9H2,1-2H3/p+1/t11-/m0/s1. The Morgan fingerprint density at radius 1 is 1.29 bits per heavy atom. The molecule has 0 bridgehead atoms. The van der Waals surface area contributed by atoms with Crippen molar-refractivity contribution in [1.82, 2.24) is 9.97 Å². The lowest BCUT2D eigenvalue weighted by molar-refractivity contribution is -0.880. The van der Waals surface area contributed by atoms with Crippen molar-refractivity contribution in [3.05, 3.63) is 16.8 Å². The molecular weight excluding hydrogens is 280 g/mol. The third-order valence-electron chi connectivity index (χ3n) is 4.98. The lowest BCUT2D eigenvalue weighted by Gasteiger charge is -2.31. The predicted octanol–water partition coefficient (Wildman–Crippen LogP) is 1.15. The van der Waals surface area contributed by atoms with E-state index in [1.165, 1.54) is 48.4 Å². The molecule has 2 aromatic heterocycles. The zero-order chi connectivity index (χ0) is 14.4. The highest BCUT2D eigenvalue weighted by Crippen LogP contribution is 2.40. The Hall–Kier alpha value is -1.20. The molecule has 0 spiro atoms. The predicted molar refractivity (Wildman–Crippen MR) is 87.4 cm³/mol. The number of rotatable bonds is 1. The zero-order valence-corrected chi connectivity index (χ0v) is 13.7. The first kappa shape index (κ1) is 13.5. The van der Waals surface area contributed by atoms with Crippen LogP contribution in [0.4, 0.5) is 5.82 Å². The van der Waals surface area contributed by atoms with Gasteiger partial charge in [0, 0.05) is 4.88 Å². The number of aryl methyl sites for hydroxylation is 1. The Labute approximate surface area is 129 Å². The van der Waals surface area contributed by atoms with Crippen LogP contribution in [0.3, 0.4) is 0 Å². The Balaban J connectivity index is 1.80. The van der Waals surface area contributed by atoms with Crippen molar-refractivity contribution < 1.29 is 4.90 Å². The third kappa shape index (κ3) is 2.32. The molecule has 5 heteroatoms. The van der Waals surface area contributed by atoms with Crippen molar-refractivity contribution in [2.75, 3.05) is 38.1 Å². The molecule has 0 unspecified atom stereocenters. The van der Waals surface area contributed by atoms with E-state index in [4.69, 9.17) is 0 Å². The second-order valence-corrected chi connectivity index (χ2v) is 7.76. The Kier molecular flexibility index (Phi) is 3.34. The molecule has 112 valence electrons. The quantitative estimate of drug-likeness (QED) is 0.858. The third-order valence-corrected chi connectivity index (χ3v) is 6.18. The van der Waals surface area contributed by atoms with Gasteiger partial charge in [-0.3, -0.25) is 0 Å². The zero-order valence-electron chi connectivity index (χ0n) is 12.9. The van der Waals surface area contributed by atoms with Gasteiger partial charge >= 0.3 is 0 Å². The van der Waals surface area contributed by atoms with Crippen molar-refractivity contribution in [3.63, 3.8) is 0 Å². The SMILES string of the molecule is C[C@H]1CCc2sc3ncnc(N4CC[NH+](C)CC4)c3c2C1. The molecule has 1 aliphatic heterocycles. The van der Waals surface area contributed by atoms with E-state index in [-0.39, 0.29) is 0 Å². The van der Waals surface area contributed by atoms with Crippen LogP contribution in [-0.2, 0) is 12.8 Å². The number of anilines is 1. The van der Waals surface area contributed by atoms with Gasteiger partial charge in [0.05, 0.1) is 38.6 Å². The van der Waals surface area contributed by atoms with Gasteiger partial charge in [0.1, 0.15) is 17.0 Å². The fourth-order valence-electron chi connectivity index (χ4n) is 3.61. The van der Waals surface area contributed by atoms with Crippen LogP contribution >= 0.6 is 11.3 Å². The van der Waals surface area contributed by atoms with Gasteiger partial charge in [-0.2, -0.15) is 0 Å². The van der Waals surface area contributed by atoms with Crippen molar-refractivity contribution in [2.45, 2.75) is 26.2 Å².